The number of aromatic nitrogens is 2. The largest absolute Gasteiger partial charge is 0.497 e. The fourth-order valence-electron chi connectivity index (χ4n) is 3.19. The van der Waals surface area contributed by atoms with Crippen molar-refractivity contribution >= 4 is 0 Å². The molecular formula is C23H20N2O2. The van der Waals surface area contributed by atoms with E-state index in [-0.39, 0.29) is 0 Å². The van der Waals surface area contributed by atoms with Crippen LogP contribution in [0.15, 0.2) is 85.2 Å². The molecule has 4 heteroatoms. The number of benzene rings is 3. The highest BCUT2D eigenvalue weighted by molar-refractivity contribution is 5.80. The quantitative estimate of drug-likeness (QED) is 0.492. The summed E-state index contributed by atoms with van der Waals surface area (Å²) in [5.41, 5.74) is 5.02. The summed E-state index contributed by atoms with van der Waals surface area (Å²) < 4.78 is 13.0. The Hall–Kier alpha value is -3.53. The van der Waals surface area contributed by atoms with E-state index in [0.717, 1.165) is 39.7 Å². The molecule has 134 valence electrons. The van der Waals surface area contributed by atoms with Gasteiger partial charge in [0, 0.05) is 17.2 Å². The second-order valence-electron chi connectivity index (χ2n) is 6.08. The van der Waals surface area contributed by atoms with Crippen LogP contribution < -0.4 is 9.47 Å². The number of rotatable bonds is 5. The molecule has 0 fully saturated rings. The predicted molar refractivity (Wildman–Crippen MR) is 108 cm³/mol. The first-order chi connectivity index (χ1) is 13.3. The first kappa shape index (κ1) is 16.9. The van der Waals surface area contributed by atoms with Crippen LogP contribution in [0.4, 0.5) is 0 Å². The molecule has 0 saturated heterocycles. The van der Waals surface area contributed by atoms with Crippen LogP contribution in [-0.2, 0) is 0 Å². The summed E-state index contributed by atoms with van der Waals surface area (Å²) in [7, 11) is 3.31. The minimum atomic E-state index is 0.726. The van der Waals surface area contributed by atoms with E-state index in [9.17, 15) is 0 Å². The molecule has 0 atom stereocenters. The second-order valence-corrected chi connectivity index (χ2v) is 6.08. The third kappa shape index (κ3) is 3.17. The van der Waals surface area contributed by atoms with Gasteiger partial charge in [0.1, 0.15) is 17.8 Å². The summed E-state index contributed by atoms with van der Waals surface area (Å²) in [5, 5.41) is 0. The van der Waals surface area contributed by atoms with E-state index < -0.39 is 0 Å². The highest BCUT2D eigenvalue weighted by Crippen LogP contribution is 2.36. The standard InChI is InChI=1S/C23H20N2O2/c1-26-19-13-14-20(21(15-19)27-2)25-16-24-22(17-9-5-3-6-10-17)23(25)18-11-7-4-8-12-18/h3-16H,1-2H3. The van der Waals surface area contributed by atoms with Gasteiger partial charge in [0.15, 0.2) is 0 Å². The number of hydrogen-bond donors (Lipinski definition) is 0. The normalized spacial score (nSPS) is 10.6. The molecular weight excluding hydrogens is 336 g/mol. The molecule has 0 saturated carbocycles. The predicted octanol–water partition coefficient (Wildman–Crippen LogP) is 5.22. The SMILES string of the molecule is COc1ccc(-n2cnc(-c3ccccc3)c2-c2ccccc2)c(OC)c1. The number of ether oxygens (including phenoxy) is 2. The molecule has 4 aromatic rings. The van der Waals surface area contributed by atoms with Crippen molar-refractivity contribution < 1.29 is 9.47 Å². The Labute approximate surface area is 158 Å². The molecule has 4 rings (SSSR count). The molecule has 0 N–H and O–H groups in total. The molecule has 4 nitrogen and oxygen atoms in total. The minimum Gasteiger partial charge on any atom is -0.497 e. The van der Waals surface area contributed by atoms with Crippen molar-refractivity contribution in [3.05, 3.63) is 85.2 Å². The Morgan fingerprint density at radius 3 is 2.04 bits per heavy atom. The topological polar surface area (TPSA) is 36.3 Å². The zero-order valence-corrected chi connectivity index (χ0v) is 15.3. The van der Waals surface area contributed by atoms with Gasteiger partial charge in [-0.3, -0.25) is 4.57 Å². The lowest BCUT2D eigenvalue weighted by atomic mass is 10.0. The van der Waals surface area contributed by atoms with E-state index in [2.05, 4.69) is 28.8 Å². The summed E-state index contributed by atoms with van der Waals surface area (Å²) in [6.45, 7) is 0. The molecule has 0 aliphatic rings. The van der Waals surface area contributed by atoms with Gasteiger partial charge in [0.05, 0.1) is 31.3 Å². The monoisotopic (exact) mass is 356 g/mol. The lowest BCUT2D eigenvalue weighted by Crippen LogP contribution is -2.00. The van der Waals surface area contributed by atoms with Gasteiger partial charge < -0.3 is 9.47 Å². The van der Waals surface area contributed by atoms with E-state index in [1.54, 1.807) is 14.2 Å². The van der Waals surface area contributed by atoms with Gasteiger partial charge in [0.2, 0.25) is 0 Å². The van der Waals surface area contributed by atoms with Crippen molar-refractivity contribution in [1.82, 2.24) is 9.55 Å². The summed E-state index contributed by atoms with van der Waals surface area (Å²) in [4.78, 5) is 4.73. The van der Waals surface area contributed by atoms with Crippen molar-refractivity contribution in [3.63, 3.8) is 0 Å². The number of nitrogens with zero attached hydrogens (tertiary/aromatic N) is 2. The fourth-order valence-corrected chi connectivity index (χ4v) is 3.19. The molecule has 0 bridgehead atoms. The minimum absolute atomic E-state index is 0.726. The Morgan fingerprint density at radius 1 is 0.741 bits per heavy atom. The van der Waals surface area contributed by atoms with E-state index in [1.165, 1.54) is 0 Å². The molecule has 0 unspecified atom stereocenters. The molecule has 0 aliphatic carbocycles. The highest BCUT2D eigenvalue weighted by Gasteiger charge is 2.18. The zero-order valence-electron chi connectivity index (χ0n) is 15.3. The summed E-state index contributed by atoms with van der Waals surface area (Å²) >= 11 is 0. The van der Waals surface area contributed by atoms with Crippen LogP contribution in [0.2, 0.25) is 0 Å². The lowest BCUT2D eigenvalue weighted by Gasteiger charge is -2.15. The molecule has 27 heavy (non-hydrogen) atoms. The van der Waals surface area contributed by atoms with E-state index in [0.29, 0.717) is 0 Å². The molecule has 3 aromatic carbocycles. The molecule has 0 aliphatic heterocycles. The zero-order chi connectivity index (χ0) is 18.6. The number of methoxy groups -OCH3 is 2. The highest BCUT2D eigenvalue weighted by atomic mass is 16.5. The first-order valence-corrected chi connectivity index (χ1v) is 8.72. The van der Waals surface area contributed by atoms with Crippen LogP contribution in [0, 0.1) is 0 Å². The Morgan fingerprint density at radius 2 is 1.41 bits per heavy atom. The maximum absolute atomic E-state index is 5.62. The van der Waals surface area contributed by atoms with Crippen molar-refractivity contribution in [2.75, 3.05) is 14.2 Å². The van der Waals surface area contributed by atoms with Crippen molar-refractivity contribution in [1.29, 1.82) is 0 Å². The Kier molecular flexibility index (Phi) is 4.62. The van der Waals surface area contributed by atoms with Gasteiger partial charge >= 0.3 is 0 Å². The molecule has 1 heterocycles. The first-order valence-electron chi connectivity index (χ1n) is 8.72. The van der Waals surface area contributed by atoms with Crippen LogP contribution in [0.5, 0.6) is 11.5 Å². The van der Waals surface area contributed by atoms with Crippen molar-refractivity contribution in [3.8, 4) is 39.7 Å². The van der Waals surface area contributed by atoms with Gasteiger partial charge in [-0.2, -0.15) is 0 Å². The fraction of sp³-hybridized carbons (Fsp3) is 0.0870. The van der Waals surface area contributed by atoms with E-state index >= 15 is 0 Å². The summed E-state index contributed by atoms with van der Waals surface area (Å²) in [5.74, 6) is 1.48. The Balaban J connectivity index is 1.96. The average molecular weight is 356 g/mol. The third-order valence-electron chi connectivity index (χ3n) is 4.51. The third-order valence-corrected chi connectivity index (χ3v) is 4.51. The van der Waals surface area contributed by atoms with Crippen molar-refractivity contribution in [2.24, 2.45) is 0 Å². The molecule has 0 amide bonds. The van der Waals surface area contributed by atoms with Crippen molar-refractivity contribution in [2.45, 2.75) is 0 Å². The van der Waals surface area contributed by atoms with Crippen LogP contribution in [0.25, 0.3) is 28.2 Å². The summed E-state index contributed by atoms with van der Waals surface area (Å²) in [6, 6.07) is 26.3. The van der Waals surface area contributed by atoms with Crippen LogP contribution >= 0.6 is 0 Å². The van der Waals surface area contributed by atoms with Crippen LogP contribution in [0.1, 0.15) is 0 Å². The summed E-state index contributed by atoms with van der Waals surface area (Å²) in [6.07, 6.45) is 1.84. The smallest absolute Gasteiger partial charge is 0.146 e. The van der Waals surface area contributed by atoms with E-state index in [1.807, 2.05) is 60.9 Å². The average Bonchev–Trinajstić information content (AvgIpc) is 3.19. The van der Waals surface area contributed by atoms with Gasteiger partial charge in [-0.05, 0) is 12.1 Å². The van der Waals surface area contributed by atoms with E-state index in [4.69, 9.17) is 14.5 Å². The lowest BCUT2D eigenvalue weighted by molar-refractivity contribution is 0.393. The number of imidazole rings is 1. The van der Waals surface area contributed by atoms with Crippen LogP contribution in [0.3, 0.4) is 0 Å². The second kappa shape index (κ2) is 7.38. The van der Waals surface area contributed by atoms with Gasteiger partial charge in [-0.15, -0.1) is 0 Å². The van der Waals surface area contributed by atoms with Gasteiger partial charge in [-0.25, -0.2) is 4.98 Å². The maximum atomic E-state index is 5.62. The number of hydrogen-bond acceptors (Lipinski definition) is 3. The van der Waals surface area contributed by atoms with Crippen LogP contribution in [-0.4, -0.2) is 23.8 Å². The van der Waals surface area contributed by atoms with Gasteiger partial charge in [-0.1, -0.05) is 60.7 Å². The Bertz CT molecular complexity index is 1040. The molecule has 0 radical (unpaired) electrons. The maximum Gasteiger partial charge on any atom is 0.146 e. The van der Waals surface area contributed by atoms with Gasteiger partial charge in [0.25, 0.3) is 0 Å². The molecule has 0 spiro atoms. The molecule has 1 aromatic heterocycles.